The third-order valence-electron chi connectivity index (χ3n) is 5.73. The molecule has 0 spiro atoms. The Kier molecular flexibility index (Phi) is 8.46. The Labute approximate surface area is 244 Å². The lowest BCUT2D eigenvalue weighted by Gasteiger charge is -2.16. The van der Waals surface area contributed by atoms with Crippen LogP contribution in [0.25, 0.3) is 17.3 Å². The number of hydrogen-bond acceptors (Lipinski definition) is 9. The molecule has 214 valence electrons. The van der Waals surface area contributed by atoms with Crippen LogP contribution in [0.15, 0.2) is 75.8 Å². The minimum Gasteiger partial charge on any atom is -0.293 e. The molecule has 0 N–H and O–H groups in total. The number of nitriles is 1. The highest BCUT2D eigenvalue weighted by Gasteiger charge is 2.35. The SMILES string of the molecule is CC(C)(C)C(=O)/C(C#N)=c1/s/c(=C\c2ccc(Sc3ncccn3)c([N+](=O)[O-])c2)c(=O)n1-c1ccccc1C(F)(F)F. The second-order valence-electron chi connectivity index (χ2n) is 9.75. The van der Waals surface area contributed by atoms with E-state index in [0.29, 0.717) is 15.9 Å². The number of rotatable bonds is 6. The molecule has 4 aromatic rings. The number of Topliss-reactive ketones (excluding diaryl/α,β-unsaturated/α-hetero) is 1. The highest BCUT2D eigenvalue weighted by molar-refractivity contribution is 7.99. The second kappa shape index (κ2) is 11.7. The maximum Gasteiger partial charge on any atom is 0.418 e. The molecule has 0 amide bonds. The van der Waals surface area contributed by atoms with Gasteiger partial charge in [-0.1, -0.05) is 39.0 Å². The fourth-order valence-corrected chi connectivity index (χ4v) is 5.68. The van der Waals surface area contributed by atoms with Crippen molar-refractivity contribution in [1.82, 2.24) is 14.5 Å². The first-order chi connectivity index (χ1) is 19.7. The van der Waals surface area contributed by atoms with Gasteiger partial charge in [-0.15, -0.1) is 11.3 Å². The van der Waals surface area contributed by atoms with Crippen LogP contribution >= 0.6 is 23.1 Å². The number of ketones is 1. The molecule has 2 heterocycles. The predicted octanol–water partition coefficient (Wildman–Crippen LogP) is 4.89. The molecule has 0 radical (unpaired) electrons. The van der Waals surface area contributed by atoms with Crippen LogP contribution in [-0.4, -0.2) is 25.2 Å². The van der Waals surface area contributed by atoms with Crippen molar-refractivity contribution in [3.8, 4) is 11.8 Å². The van der Waals surface area contributed by atoms with Gasteiger partial charge in [-0.3, -0.25) is 24.3 Å². The standard InChI is InChI=1S/C28H20F3N5O4S2/c1-27(2,3)23(37)17(15-32)25-35(19-8-5-4-7-18(19)28(29,30)31)24(38)22(41-25)14-16-9-10-21(20(13-16)36(39)40)42-26-33-11-6-12-34-26/h4-14H,1-3H3/b22-14-,25-17+. The number of nitro groups is 1. The zero-order valence-corrected chi connectivity index (χ0v) is 23.8. The zero-order valence-electron chi connectivity index (χ0n) is 22.2. The summed E-state index contributed by atoms with van der Waals surface area (Å²) in [5, 5.41) is 22.0. The molecule has 0 aliphatic carbocycles. The summed E-state index contributed by atoms with van der Waals surface area (Å²) in [5.41, 5.74) is -4.31. The third kappa shape index (κ3) is 6.32. The first kappa shape index (κ1) is 30.4. The molecule has 0 aliphatic rings. The molecule has 4 rings (SSSR count). The summed E-state index contributed by atoms with van der Waals surface area (Å²) in [6.45, 7) is 4.62. The van der Waals surface area contributed by atoms with E-state index in [2.05, 4.69) is 9.97 Å². The Hall–Kier alpha value is -4.61. The summed E-state index contributed by atoms with van der Waals surface area (Å²) in [5.74, 6) is -0.670. The number of aromatic nitrogens is 3. The first-order valence-corrected chi connectivity index (χ1v) is 13.7. The van der Waals surface area contributed by atoms with Gasteiger partial charge in [0.15, 0.2) is 10.9 Å². The highest BCUT2D eigenvalue weighted by atomic mass is 32.2. The largest absolute Gasteiger partial charge is 0.418 e. The Morgan fingerprint density at radius 2 is 1.79 bits per heavy atom. The molecule has 0 saturated carbocycles. The fraction of sp³-hybridized carbons (Fsp3) is 0.179. The van der Waals surface area contributed by atoms with Crippen molar-refractivity contribution in [1.29, 1.82) is 5.26 Å². The predicted molar refractivity (Wildman–Crippen MR) is 150 cm³/mol. The van der Waals surface area contributed by atoms with Crippen LogP contribution in [0.1, 0.15) is 31.9 Å². The van der Waals surface area contributed by atoms with Gasteiger partial charge in [-0.2, -0.15) is 18.4 Å². The minimum atomic E-state index is -4.85. The Morgan fingerprint density at radius 3 is 2.38 bits per heavy atom. The second-order valence-corrected chi connectivity index (χ2v) is 11.8. The van der Waals surface area contributed by atoms with E-state index in [9.17, 15) is 38.1 Å². The molecule has 0 aliphatic heterocycles. The van der Waals surface area contributed by atoms with E-state index in [1.807, 2.05) is 0 Å². The number of halogens is 3. The van der Waals surface area contributed by atoms with Gasteiger partial charge < -0.3 is 0 Å². The average Bonchev–Trinajstić information content (AvgIpc) is 3.24. The molecule has 14 heteroatoms. The Bertz CT molecular complexity index is 1920. The van der Waals surface area contributed by atoms with Crippen LogP contribution in [0.3, 0.4) is 0 Å². The quantitative estimate of drug-likeness (QED) is 0.171. The molecule has 42 heavy (non-hydrogen) atoms. The number of nitro benzene ring substituents is 1. The molecule has 2 aromatic heterocycles. The number of nitrogens with zero attached hydrogens (tertiary/aromatic N) is 5. The fourth-order valence-electron chi connectivity index (χ4n) is 3.79. The lowest BCUT2D eigenvalue weighted by atomic mass is 9.87. The van der Waals surface area contributed by atoms with Gasteiger partial charge in [0.25, 0.3) is 11.2 Å². The number of hydrogen-bond donors (Lipinski definition) is 0. The normalized spacial score (nSPS) is 13.0. The molecular weight excluding hydrogens is 591 g/mol. The Balaban J connectivity index is 2.02. The summed E-state index contributed by atoms with van der Waals surface area (Å²) in [6, 6.07) is 11.8. The van der Waals surface area contributed by atoms with Gasteiger partial charge in [0, 0.05) is 23.9 Å². The monoisotopic (exact) mass is 611 g/mol. The van der Waals surface area contributed by atoms with Crippen molar-refractivity contribution in [2.45, 2.75) is 37.0 Å². The molecular formula is C28H20F3N5O4S2. The van der Waals surface area contributed by atoms with E-state index in [0.717, 1.165) is 30.0 Å². The number of alkyl halides is 3. The van der Waals surface area contributed by atoms with Gasteiger partial charge in [0.2, 0.25) is 0 Å². The van der Waals surface area contributed by atoms with Crippen molar-refractivity contribution >= 4 is 46.2 Å². The molecule has 2 aromatic carbocycles. The number of carbonyl (C=O) groups excluding carboxylic acids is 1. The van der Waals surface area contributed by atoms with Crippen LogP contribution in [0.2, 0.25) is 0 Å². The van der Waals surface area contributed by atoms with E-state index >= 15 is 0 Å². The van der Waals surface area contributed by atoms with E-state index < -0.39 is 44.7 Å². The van der Waals surface area contributed by atoms with E-state index in [-0.39, 0.29) is 30.5 Å². The molecule has 0 fully saturated rings. The molecule has 0 atom stereocenters. The van der Waals surface area contributed by atoms with Crippen molar-refractivity contribution in [3.05, 3.63) is 102 Å². The first-order valence-electron chi connectivity index (χ1n) is 12.0. The maximum atomic E-state index is 14.0. The summed E-state index contributed by atoms with van der Waals surface area (Å²) in [7, 11) is 0. The smallest absolute Gasteiger partial charge is 0.293 e. The number of carbonyl (C=O) groups is 1. The van der Waals surface area contributed by atoms with Crippen molar-refractivity contribution < 1.29 is 22.9 Å². The molecule has 0 saturated heterocycles. The highest BCUT2D eigenvalue weighted by Crippen LogP contribution is 2.34. The van der Waals surface area contributed by atoms with E-state index in [1.165, 1.54) is 42.7 Å². The number of para-hydroxylation sites is 1. The molecule has 0 bridgehead atoms. The van der Waals surface area contributed by atoms with Crippen LogP contribution < -0.4 is 14.8 Å². The summed E-state index contributed by atoms with van der Waals surface area (Å²) in [6.07, 6.45) is -0.621. The Morgan fingerprint density at radius 1 is 1.12 bits per heavy atom. The van der Waals surface area contributed by atoms with Gasteiger partial charge in [0.1, 0.15) is 16.3 Å². The number of benzene rings is 2. The maximum absolute atomic E-state index is 14.0. The van der Waals surface area contributed by atoms with Crippen LogP contribution in [-0.2, 0) is 11.0 Å². The zero-order chi connectivity index (χ0) is 30.8. The molecule has 0 unspecified atom stereocenters. The summed E-state index contributed by atoms with van der Waals surface area (Å²) >= 11 is 1.60. The van der Waals surface area contributed by atoms with E-state index in [4.69, 9.17) is 0 Å². The average molecular weight is 612 g/mol. The topological polar surface area (TPSA) is 132 Å². The van der Waals surface area contributed by atoms with Crippen LogP contribution in [0.4, 0.5) is 18.9 Å². The third-order valence-corrected chi connectivity index (χ3v) is 7.78. The van der Waals surface area contributed by atoms with Crippen LogP contribution in [0.5, 0.6) is 0 Å². The lowest BCUT2D eigenvalue weighted by Crippen LogP contribution is -2.34. The van der Waals surface area contributed by atoms with Crippen molar-refractivity contribution in [2.24, 2.45) is 5.41 Å². The van der Waals surface area contributed by atoms with Gasteiger partial charge >= 0.3 is 6.18 Å². The number of thiazole rings is 1. The van der Waals surface area contributed by atoms with E-state index in [1.54, 1.807) is 32.9 Å². The van der Waals surface area contributed by atoms with Crippen molar-refractivity contribution in [2.75, 3.05) is 0 Å². The van der Waals surface area contributed by atoms with Crippen LogP contribution in [0, 0.1) is 26.9 Å². The van der Waals surface area contributed by atoms with Gasteiger partial charge in [-0.25, -0.2) is 9.97 Å². The summed E-state index contributed by atoms with van der Waals surface area (Å²) in [4.78, 5) is 46.4. The van der Waals surface area contributed by atoms with Gasteiger partial charge in [0.05, 0.1) is 25.6 Å². The molecule has 9 nitrogen and oxygen atoms in total. The lowest BCUT2D eigenvalue weighted by molar-refractivity contribution is -0.387. The minimum absolute atomic E-state index is 0.141. The van der Waals surface area contributed by atoms with Gasteiger partial charge in [-0.05, 0) is 47.7 Å². The summed E-state index contributed by atoms with van der Waals surface area (Å²) < 4.78 is 42.2. The van der Waals surface area contributed by atoms with Crippen molar-refractivity contribution in [3.63, 3.8) is 0 Å².